The largest absolute Gasteiger partial charge is 0.370 e. The van der Waals surface area contributed by atoms with Gasteiger partial charge in [0.2, 0.25) is 11.6 Å². The summed E-state index contributed by atoms with van der Waals surface area (Å²) in [6.07, 6.45) is 1.42. The molecular weight excluding hydrogens is 304 g/mol. The molecular formula is C15H17ClN4O2. The van der Waals surface area contributed by atoms with Gasteiger partial charge in [0.15, 0.2) is 5.96 Å². The lowest BCUT2D eigenvalue weighted by atomic mass is 9.92. The normalized spacial score (nSPS) is 17.5. The summed E-state index contributed by atoms with van der Waals surface area (Å²) < 4.78 is 0. The summed E-state index contributed by atoms with van der Waals surface area (Å²) in [6.45, 7) is 2.61. The number of halogens is 1. The van der Waals surface area contributed by atoms with Crippen LogP contribution in [0.3, 0.4) is 0 Å². The summed E-state index contributed by atoms with van der Waals surface area (Å²) in [6, 6.07) is 7.18. The molecule has 0 unspecified atom stereocenters. The molecule has 1 saturated heterocycles. The maximum absolute atomic E-state index is 11.9. The molecule has 0 radical (unpaired) electrons. The Labute approximate surface area is 134 Å². The van der Waals surface area contributed by atoms with Crippen LogP contribution in [0.25, 0.3) is 5.70 Å². The Bertz CT molecular complexity index is 663. The SMILES string of the molecule is Cl.N=C(N)N1CCN(C2=CC(=O)C(=O)c3ccccc32)CC1. The van der Waals surface area contributed by atoms with Crippen molar-refractivity contribution in [3.8, 4) is 0 Å². The molecule has 1 aromatic carbocycles. The first-order chi connectivity index (χ1) is 10.1. The third-order valence-corrected chi connectivity index (χ3v) is 3.90. The molecule has 1 aliphatic carbocycles. The molecule has 0 saturated carbocycles. The average molecular weight is 321 g/mol. The van der Waals surface area contributed by atoms with Crippen molar-refractivity contribution in [1.82, 2.24) is 9.80 Å². The van der Waals surface area contributed by atoms with Crippen LogP contribution in [0.4, 0.5) is 0 Å². The zero-order valence-electron chi connectivity index (χ0n) is 11.9. The molecule has 0 aromatic heterocycles. The highest BCUT2D eigenvalue weighted by atomic mass is 35.5. The van der Waals surface area contributed by atoms with Crippen LogP contribution in [0.5, 0.6) is 0 Å². The number of Topliss-reactive ketones (excluding diaryl/α,β-unsaturated/α-hetero) is 1. The number of carbonyl (C=O) groups is 2. The van der Waals surface area contributed by atoms with Crippen LogP contribution >= 0.6 is 12.4 Å². The number of nitrogens with one attached hydrogen (secondary N) is 1. The number of ketones is 2. The minimum atomic E-state index is -0.474. The van der Waals surface area contributed by atoms with E-state index < -0.39 is 11.6 Å². The van der Waals surface area contributed by atoms with E-state index >= 15 is 0 Å². The number of hydrogen-bond donors (Lipinski definition) is 2. The predicted molar refractivity (Wildman–Crippen MR) is 86.1 cm³/mol. The molecule has 1 aliphatic heterocycles. The summed E-state index contributed by atoms with van der Waals surface area (Å²) >= 11 is 0. The van der Waals surface area contributed by atoms with E-state index in [0.717, 1.165) is 11.3 Å². The lowest BCUT2D eigenvalue weighted by Gasteiger charge is -2.38. The van der Waals surface area contributed by atoms with E-state index in [4.69, 9.17) is 11.1 Å². The second-order valence-electron chi connectivity index (χ2n) is 5.13. The number of hydrogen-bond acceptors (Lipinski definition) is 4. The third-order valence-electron chi connectivity index (χ3n) is 3.90. The zero-order chi connectivity index (χ0) is 15.0. The molecule has 0 atom stereocenters. The van der Waals surface area contributed by atoms with E-state index in [2.05, 4.69) is 4.90 Å². The lowest BCUT2D eigenvalue weighted by molar-refractivity contribution is -0.111. The second kappa shape index (κ2) is 6.19. The summed E-state index contributed by atoms with van der Waals surface area (Å²) in [5.74, 6) is -0.853. The Morgan fingerprint density at radius 3 is 2.23 bits per heavy atom. The molecule has 1 aromatic rings. The van der Waals surface area contributed by atoms with Crippen molar-refractivity contribution >= 4 is 35.6 Å². The molecule has 0 amide bonds. The minimum Gasteiger partial charge on any atom is -0.370 e. The van der Waals surface area contributed by atoms with Crippen molar-refractivity contribution in [2.75, 3.05) is 26.2 Å². The van der Waals surface area contributed by atoms with Gasteiger partial charge in [-0.3, -0.25) is 15.0 Å². The zero-order valence-corrected chi connectivity index (χ0v) is 12.7. The molecule has 1 heterocycles. The van der Waals surface area contributed by atoms with Crippen molar-refractivity contribution in [1.29, 1.82) is 5.41 Å². The number of guanidine groups is 1. The van der Waals surface area contributed by atoms with Crippen LogP contribution in [-0.4, -0.2) is 53.5 Å². The first kappa shape index (κ1) is 16.0. The van der Waals surface area contributed by atoms with Crippen molar-refractivity contribution in [2.45, 2.75) is 0 Å². The second-order valence-corrected chi connectivity index (χ2v) is 5.13. The van der Waals surface area contributed by atoms with Crippen molar-refractivity contribution in [2.24, 2.45) is 5.73 Å². The van der Waals surface area contributed by atoms with Crippen molar-refractivity contribution < 1.29 is 9.59 Å². The predicted octanol–water partition coefficient (Wildman–Crippen LogP) is 0.726. The maximum atomic E-state index is 11.9. The molecule has 3 N–H and O–H groups in total. The smallest absolute Gasteiger partial charge is 0.233 e. The van der Waals surface area contributed by atoms with Crippen LogP contribution in [0.1, 0.15) is 15.9 Å². The molecule has 7 heteroatoms. The van der Waals surface area contributed by atoms with Crippen molar-refractivity contribution in [3.63, 3.8) is 0 Å². The van der Waals surface area contributed by atoms with Crippen LogP contribution in [0, 0.1) is 5.41 Å². The molecule has 1 fully saturated rings. The van der Waals surface area contributed by atoms with Crippen LogP contribution in [-0.2, 0) is 4.79 Å². The van der Waals surface area contributed by atoms with Gasteiger partial charge < -0.3 is 15.5 Å². The number of fused-ring (bicyclic) bond motifs is 1. The van der Waals surface area contributed by atoms with Gasteiger partial charge in [-0.1, -0.05) is 24.3 Å². The van der Waals surface area contributed by atoms with E-state index in [-0.39, 0.29) is 18.4 Å². The number of piperazine rings is 1. The lowest BCUT2D eigenvalue weighted by Crippen LogP contribution is -2.50. The van der Waals surface area contributed by atoms with Gasteiger partial charge in [-0.05, 0) is 0 Å². The van der Waals surface area contributed by atoms with Crippen LogP contribution in [0.15, 0.2) is 30.3 Å². The first-order valence-electron chi connectivity index (χ1n) is 6.81. The monoisotopic (exact) mass is 320 g/mol. The van der Waals surface area contributed by atoms with Gasteiger partial charge >= 0.3 is 0 Å². The summed E-state index contributed by atoms with van der Waals surface area (Å²) in [4.78, 5) is 27.6. The quantitative estimate of drug-likeness (QED) is 0.452. The van der Waals surface area contributed by atoms with E-state index in [1.807, 2.05) is 12.1 Å². The van der Waals surface area contributed by atoms with Gasteiger partial charge in [-0.2, -0.15) is 0 Å². The Morgan fingerprint density at radius 1 is 1.05 bits per heavy atom. The fourth-order valence-electron chi connectivity index (χ4n) is 2.75. The number of rotatable bonds is 1. The van der Waals surface area contributed by atoms with Gasteiger partial charge in [-0.25, -0.2) is 0 Å². The summed E-state index contributed by atoms with van der Waals surface area (Å²) in [5.41, 5.74) is 7.55. The van der Waals surface area contributed by atoms with Gasteiger partial charge in [0.1, 0.15) is 0 Å². The fraction of sp³-hybridized carbons (Fsp3) is 0.267. The Balaban J connectivity index is 0.00000176. The minimum absolute atomic E-state index is 0. The molecule has 0 bridgehead atoms. The number of benzene rings is 1. The summed E-state index contributed by atoms with van der Waals surface area (Å²) in [7, 11) is 0. The number of nitrogens with two attached hydrogens (primary N) is 1. The van der Waals surface area contributed by atoms with E-state index in [1.54, 1.807) is 17.0 Å². The van der Waals surface area contributed by atoms with Crippen molar-refractivity contribution in [3.05, 3.63) is 41.5 Å². The number of allylic oxidation sites excluding steroid dienone is 1. The van der Waals surface area contributed by atoms with Gasteiger partial charge in [0.05, 0.1) is 0 Å². The van der Waals surface area contributed by atoms with Crippen LogP contribution < -0.4 is 5.73 Å². The highest BCUT2D eigenvalue weighted by Gasteiger charge is 2.29. The first-order valence-corrected chi connectivity index (χ1v) is 6.81. The standard InChI is InChI=1S/C15H16N4O2.ClH/c16-15(17)19-7-5-18(6-8-19)12-9-13(20)14(21)11-4-2-1-3-10(11)12;/h1-4,9H,5-8H2,(H3,16,17);1H. The third kappa shape index (κ3) is 2.69. The molecule has 22 heavy (non-hydrogen) atoms. The van der Waals surface area contributed by atoms with Crippen LogP contribution in [0.2, 0.25) is 0 Å². The molecule has 0 spiro atoms. The Hall–Kier alpha value is -2.34. The van der Waals surface area contributed by atoms with Gasteiger partial charge in [0.25, 0.3) is 0 Å². The Kier molecular flexibility index (Phi) is 4.51. The molecule has 2 aliphatic rings. The number of nitrogens with zero attached hydrogens (tertiary/aromatic N) is 2. The van der Waals surface area contributed by atoms with Gasteiger partial charge in [-0.15, -0.1) is 12.4 Å². The fourth-order valence-corrected chi connectivity index (χ4v) is 2.75. The van der Waals surface area contributed by atoms with E-state index in [1.165, 1.54) is 6.08 Å². The van der Waals surface area contributed by atoms with Gasteiger partial charge in [0, 0.05) is 49.1 Å². The number of carbonyl (C=O) groups excluding carboxylic acids is 2. The molecule has 3 rings (SSSR count). The Morgan fingerprint density at radius 2 is 1.64 bits per heavy atom. The molecule has 116 valence electrons. The topological polar surface area (TPSA) is 90.5 Å². The summed E-state index contributed by atoms with van der Waals surface area (Å²) in [5, 5.41) is 7.45. The average Bonchev–Trinajstić information content (AvgIpc) is 2.51. The maximum Gasteiger partial charge on any atom is 0.233 e. The van der Waals surface area contributed by atoms with E-state index in [9.17, 15) is 9.59 Å². The highest BCUT2D eigenvalue weighted by molar-refractivity contribution is 6.50. The molecule has 6 nitrogen and oxygen atoms in total. The van der Waals surface area contributed by atoms with E-state index in [0.29, 0.717) is 31.7 Å². The highest BCUT2D eigenvalue weighted by Crippen LogP contribution is 2.28.